The Kier molecular flexibility index (Phi) is 5.44. The van der Waals surface area contributed by atoms with Crippen molar-refractivity contribution in [1.82, 2.24) is 23.8 Å². The number of halogens is 1. The van der Waals surface area contributed by atoms with Crippen LogP contribution >= 0.6 is 11.6 Å². The van der Waals surface area contributed by atoms with Crippen LogP contribution < -0.4 is 9.44 Å². The quantitative estimate of drug-likeness (QED) is 0.544. The number of fused-ring (bicyclic) bond motifs is 1. The van der Waals surface area contributed by atoms with Crippen molar-refractivity contribution in [3.8, 4) is 5.82 Å². The van der Waals surface area contributed by atoms with E-state index in [0.717, 1.165) is 29.6 Å². The van der Waals surface area contributed by atoms with E-state index in [1.165, 1.54) is 6.08 Å². The number of aryl methyl sites for hydroxylation is 2. The molecule has 4 rings (SSSR count). The second-order valence-electron chi connectivity index (χ2n) is 7.43. The van der Waals surface area contributed by atoms with Crippen LogP contribution in [0.2, 0.25) is 5.02 Å². The van der Waals surface area contributed by atoms with Crippen molar-refractivity contribution < 1.29 is 13.2 Å². The fourth-order valence-electron chi connectivity index (χ4n) is 3.34. The van der Waals surface area contributed by atoms with Gasteiger partial charge in [0.25, 0.3) is 5.91 Å². The van der Waals surface area contributed by atoms with Crippen molar-refractivity contribution in [3.05, 3.63) is 52.8 Å². The third kappa shape index (κ3) is 4.43. The number of amides is 1. The Morgan fingerprint density at radius 3 is 2.83 bits per heavy atom. The van der Waals surface area contributed by atoms with Crippen LogP contribution in [0.5, 0.6) is 0 Å². The number of nitrogens with zero attached hydrogens (tertiary/aromatic N) is 3. The van der Waals surface area contributed by atoms with Crippen LogP contribution in [0.25, 0.3) is 22.8 Å². The van der Waals surface area contributed by atoms with Gasteiger partial charge in [-0.1, -0.05) is 17.7 Å². The fraction of sp³-hybridized carbons (Fsp3) is 0.300. The molecular formula is C20H22ClN5O3S. The Morgan fingerprint density at radius 2 is 2.10 bits per heavy atom. The second kappa shape index (κ2) is 7.90. The van der Waals surface area contributed by atoms with Crippen LogP contribution in [-0.4, -0.2) is 35.2 Å². The summed E-state index contributed by atoms with van der Waals surface area (Å²) in [5, 5.41) is 6.08. The highest BCUT2D eigenvalue weighted by Gasteiger charge is 2.24. The van der Waals surface area contributed by atoms with E-state index < -0.39 is 16.1 Å². The van der Waals surface area contributed by atoms with E-state index in [2.05, 4.69) is 9.82 Å². The lowest BCUT2D eigenvalue weighted by Crippen LogP contribution is -2.40. The Labute approximate surface area is 179 Å². The van der Waals surface area contributed by atoms with Gasteiger partial charge in [-0.3, -0.25) is 9.48 Å². The Morgan fingerprint density at radius 1 is 1.33 bits per heavy atom. The van der Waals surface area contributed by atoms with Gasteiger partial charge in [-0.05, 0) is 50.0 Å². The van der Waals surface area contributed by atoms with E-state index in [1.54, 1.807) is 10.8 Å². The molecule has 2 heterocycles. The summed E-state index contributed by atoms with van der Waals surface area (Å²) in [6.45, 7) is 2.18. The molecule has 2 aromatic heterocycles. The molecule has 0 spiro atoms. The first-order chi connectivity index (χ1) is 14.2. The average molecular weight is 448 g/mol. The van der Waals surface area contributed by atoms with Crippen molar-refractivity contribution in [1.29, 1.82) is 0 Å². The van der Waals surface area contributed by atoms with Gasteiger partial charge in [0, 0.05) is 41.8 Å². The number of carbonyl (C=O) groups is 1. The molecule has 0 bridgehead atoms. The van der Waals surface area contributed by atoms with Crippen LogP contribution in [0.4, 0.5) is 0 Å². The van der Waals surface area contributed by atoms with Gasteiger partial charge in [-0.2, -0.15) is 18.2 Å². The van der Waals surface area contributed by atoms with Gasteiger partial charge in [0.05, 0.1) is 11.2 Å². The third-order valence-corrected chi connectivity index (χ3v) is 6.27. The molecule has 0 radical (unpaired) electrons. The maximum atomic E-state index is 12.2. The number of hydrogen-bond acceptors (Lipinski definition) is 4. The number of nitrogens with one attached hydrogen (secondary N) is 2. The summed E-state index contributed by atoms with van der Waals surface area (Å²) in [5.41, 5.74) is 2.31. The maximum Gasteiger partial charge on any atom is 0.301 e. The molecule has 1 fully saturated rings. The second-order valence-corrected chi connectivity index (χ2v) is 9.37. The van der Waals surface area contributed by atoms with E-state index in [1.807, 2.05) is 53.7 Å². The highest BCUT2D eigenvalue weighted by atomic mass is 35.5. The molecule has 30 heavy (non-hydrogen) atoms. The molecule has 3 aromatic rings. The van der Waals surface area contributed by atoms with Gasteiger partial charge >= 0.3 is 10.2 Å². The van der Waals surface area contributed by atoms with E-state index in [0.29, 0.717) is 28.7 Å². The van der Waals surface area contributed by atoms with E-state index in [4.69, 9.17) is 11.6 Å². The molecule has 0 atom stereocenters. The minimum atomic E-state index is -3.87. The predicted octanol–water partition coefficient (Wildman–Crippen LogP) is 2.70. The first-order valence-corrected chi connectivity index (χ1v) is 11.4. The summed E-state index contributed by atoms with van der Waals surface area (Å²) < 4.78 is 32.0. The number of carbonyl (C=O) groups excluding carboxylic acids is 1. The number of aromatic nitrogens is 3. The third-order valence-electron chi connectivity index (χ3n) is 5.02. The zero-order valence-corrected chi connectivity index (χ0v) is 18.2. The van der Waals surface area contributed by atoms with Crippen molar-refractivity contribution in [3.63, 3.8) is 0 Å². The molecule has 158 valence electrons. The van der Waals surface area contributed by atoms with Gasteiger partial charge < -0.3 is 4.57 Å². The molecule has 1 aliphatic rings. The molecule has 0 aliphatic heterocycles. The molecule has 0 unspecified atom stereocenters. The first kappa shape index (κ1) is 20.6. The van der Waals surface area contributed by atoms with Gasteiger partial charge in [0.15, 0.2) is 0 Å². The normalized spacial score (nSPS) is 14.6. The average Bonchev–Trinajstić information content (AvgIpc) is 3.35. The predicted molar refractivity (Wildman–Crippen MR) is 117 cm³/mol. The molecule has 8 nitrogen and oxygen atoms in total. The summed E-state index contributed by atoms with van der Waals surface area (Å²) in [6.07, 6.45) is 6.70. The highest BCUT2D eigenvalue weighted by molar-refractivity contribution is 7.88. The van der Waals surface area contributed by atoms with Crippen LogP contribution in [0.3, 0.4) is 0 Å². The molecule has 1 aliphatic carbocycles. The smallest absolute Gasteiger partial charge is 0.301 e. The molecule has 0 saturated heterocycles. The molecule has 10 heteroatoms. The van der Waals surface area contributed by atoms with Gasteiger partial charge in [0.1, 0.15) is 5.82 Å². The highest BCUT2D eigenvalue weighted by Crippen LogP contribution is 2.28. The number of hydrogen-bond donors (Lipinski definition) is 2. The SMILES string of the molecule is Cc1nn(C)c(-n2ccc3ccc(Cl)cc32)c1C=CC(=O)NS(=O)(=O)NCC1CC1. The maximum absolute atomic E-state index is 12.2. The van der Waals surface area contributed by atoms with Crippen LogP contribution in [-0.2, 0) is 22.1 Å². The summed E-state index contributed by atoms with van der Waals surface area (Å²) >= 11 is 6.17. The monoisotopic (exact) mass is 447 g/mol. The van der Waals surface area contributed by atoms with Crippen LogP contribution in [0, 0.1) is 12.8 Å². The minimum absolute atomic E-state index is 0.349. The van der Waals surface area contributed by atoms with E-state index >= 15 is 0 Å². The van der Waals surface area contributed by atoms with Crippen LogP contribution in [0.1, 0.15) is 24.1 Å². The van der Waals surface area contributed by atoms with Crippen LogP contribution in [0.15, 0.2) is 36.5 Å². The number of benzene rings is 1. The Hall–Kier alpha value is -2.62. The lowest BCUT2D eigenvalue weighted by molar-refractivity contribution is -0.114. The zero-order valence-electron chi connectivity index (χ0n) is 16.6. The van der Waals surface area contributed by atoms with Crippen molar-refractivity contribution in [2.45, 2.75) is 19.8 Å². The standard InChI is InChI=1S/C20H22ClN5O3S/c1-13-17(7-8-19(27)24-30(28,29)22-12-14-3-4-14)20(25(2)23-13)26-10-9-15-5-6-16(21)11-18(15)26/h5-11,14,22H,3-4,12H2,1-2H3,(H,24,27). The van der Waals surface area contributed by atoms with Gasteiger partial charge in [0.2, 0.25) is 0 Å². The minimum Gasteiger partial charge on any atom is -0.301 e. The van der Waals surface area contributed by atoms with E-state index in [9.17, 15) is 13.2 Å². The topological polar surface area (TPSA) is 98.0 Å². The Balaban J connectivity index is 1.60. The van der Waals surface area contributed by atoms with Crippen molar-refractivity contribution in [2.75, 3.05) is 6.54 Å². The lowest BCUT2D eigenvalue weighted by atomic mass is 10.2. The lowest BCUT2D eigenvalue weighted by Gasteiger charge is -2.08. The zero-order chi connectivity index (χ0) is 21.5. The Bertz CT molecular complexity index is 1250. The van der Waals surface area contributed by atoms with E-state index in [-0.39, 0.29) is 0 Å². The summed E-state index contributed by atoms with van der Waals surface area (Å²) in [5.74, 6) is 0.383. The van der Waals surface area contributed by atoms with Crippen molar-refractivity contribution >= 4 is 44.7 Å². The first-order valence-electron chi connectivity index (χ1n) is 9.53. The largest absolute Gasteiger partial charge is 0.301 e. The molecule has 1 saturated carbocycles. The van der Waals surface area contributed by atoms with Gasteiger partial charge in [-0.25, -0.2) is 4.72 Å². The molecule has 1 aromatic carbocycles. The summed E-state index contributed by atoms with van der Waals surface area (Å²) in [7, 11) is -2.07. The summed E-state index contributed by atoms with van der Waals surface area (Å²) in [4.78, 5) is 12.2. The molecule has 1 amide bonds. The summed E-state index contributed by atoms with van der Waals surface area (Å²) in [6, 6.07) is 7.58. The molecule has 2 N–H and O–H groups in total. The van der Waals surface area contributed by atoms with Gasteiger partial charge in [-0.15, -0.1) is 0 Å². The number of rotatable bonds is 7. The fourth-order valence-corrected chi connectivity index (χ4v) is 4.37. The molecular weight excluding hydrogens is 426 g/mol. The van der Waals surface area contributed by atoms with Crippen molar-refractivity contribution in [2.24, 2.45) is 13.0 Å².